The first kappa shape index (κ1) is 27.8. The fourth-order valence-electron chi connectivity index (χ4n) is 3.19. The third kappa shape index (κ3) is 6.93. The molecular weight excluding hydrogens is 570 g/mol. The fourth-order valence-corrected chi connectivity index (χ4v) is 4.78. The molecule has 0 aliphatic carbocycles. The Labute approximate surface area is 227 Å². The number of esters is 1. The number of ether oxygens (including phenoxy) is 3. The summed E-state index contributed by atoms with van der Waals surface area (Å²) in [7, 11) is 1.53. The van der Waals surface area contributed by atoms with E-state index >= 15 is 0 Å². The van der Waals surface area contributed by atoms with Crippen LogP contribution in [0.3, 0.4) is 0 Å². The largest absolute Gasteiger partial charge is 0.506 e. The minimum atomic E-state index is -0.739. The van der Waals surface area contributed by atoms with Crippen LogP contribution in [0.2, 0.25) is 5.02 Å². The van der Waals surface area contributed by atoms with E-state index < -0.39 is 5.97 Å². The predicted octanol–water partition coefficient (Wildman–Crippen LogP) is 6.88. The molecule has 0 saturated heterocycles. The van der Waals surface area contributed by atoms with Gasteiger partial charge in [-0.05, 0) is 54.8 Å². The van der Waals surface area contributed by atoms with Gasteiger partial charge in [-0.25, -0.2) is 9.79 Å². The number of rotatable bonds is 9. The monoisotopic (exact) mass is 593 g/mol. The number of hydrogen-bond acceptors (Lipinski definition) is 7. The highest BCUT2D eigenvalue weighted by molar-refractivity contribution is 9.10. The highest BCUT2D eigenvalue weighted by Crippen LogP contribution is 2.42. The van der Waals surface area contributed by atoms with Crippen LogP contribution in [0.25, 0.3) is 6.08 Å². The number of amides is 1. The number of carbonyl (C=O) groups excluding carboxylic acids is 2. The second-order valence-corrected chi connectivity index (χ2v) is 9.88. The quantitative estimate of drug-likeness (QED) is 0.316. The van der Waals surface area contributed by atoms with Crippen molar-refractivity contribution in [1.29, 1.82) is 0 Å². The van der Waals surface area contributed by atoms with Gasteiger partial charge in [0.1, 0.15) is 23.0 Å². The van der Waals surface area contributed by atoms with Crippen LogP contribution < -0.4 is 9.47 Å². The minimum absolute atomic E-state index is 0.113. The first-order valence-corrected chi connectivity index (χ1v) is 13.1. The number of hydrogen-bond donors (Lipinski definition) is 1. The summed E-state index contributed by atoms with van der Waals surface area (Å²) in [5, 5.41) is 11.6. The number of thioether (sulfide) groups is 1. The topological polar surface area (TPSA) is 94.4 Å². The smallest absolute Gasteiger partial charge is 0.344 e. The number of nitrogens with zero attached hydrogens (tertiary/aromatic N) is 1. The summed E-state index contributed by atoms with van der Waals surface area (Å²) in [6, 6.07) is 10.8. The van der Waals surface area contributed by atoms with Crippen molar-refractivity contribution in [3.8, 4) is 11.5 Å². The predicted molar refractivity (Wildman–Crippen MR) is 146 cm³/mol. The molecule has 7 nitrogen and oxygen atoms in total. The van der Waals surface area contributed by atoms with Crippen molar-refractivity contribution in [2.75, 3.05) is 13.7 Å². The van der Waals surface area contributed by atoms with Crippen LogP contribution >= 0.6 is 39.3 Å². The summed E-state index contributed by atoms with van der Waals surface area (Å²) in [5.74, 6) is -0.420. The minimum Gasteiger partial charge on any atom is -0.506 e. The van der Waals surface area contributed by atoms with E-state index in [-0.39, 0.29) is 35.3 Å². The molecule has 1 amide bonds. The lowest BCUT2D eigenvalue weighted by Crippen LogP contribution is -2.14. The van der Waals surface area contributed by atoms with Crippen LogP contribution in [0.1, 0.15) is 37.8 Å². The Kier molecular flexibility index (Phi) is 10.0. The van der Waals surface area contributed by atoms with Crippen molar-refractivity contribution in [2.45, 2.75) is 33.3 Å². The van der Waals surface area contributed by atoms with Crippen molar-refractivity contribution < 1.29 is 28.9 Å². The first-order chi connectivity index (χ1) is 17.3. The molecule has 0 aromatic heterocycles. The van der Waals surface area contributed by atoms with Gasteiger partial charge in [-0.2, -0.15) is 0 Å². The summed E-state index contributed by atoms with van der Waals surface area (Å²) < 4.78 is 17.2. The fraction of sp³-hybridized carbons (Fsp3) is 0.269. The summed E-state index contributed by atoms with van der Waals surface area (Å²) in [5.41, 5.74) is 1.48. The second-order valence-electron chi connectivity index (χ2n) is 7.56. The van der Waals surface area contributed by atoms with Gasteiger partial charge in [-0.3, -0.25) is 4.79 Å². The Bertz CT molecular complexity index is 1240. The molecule has 0 atom stereocenters. The lowest BCUT2D eigenvalue weighted by molar-refractivity contribution is -0.138. The van der Waals surface area contributed by atoms with Crippen LogP contribution in [0, 0.1) is 0 Å². The van der Waals surface area contributed by atoms with Crippen molar-refractivity contribution >= 4 is 62.3 Å². The third-order valence-corrected chi connectivity index (χ3v) is 6.90. The molecular formula is C26H25BrClNO6S. The number of benzene rings is 2. The van der Waals surface area contributed by atoms with Gasteiger partial charge in [0.2, 0.25) is 5.91 Å². The first-order valence-electron chi connectivity index (χ1n) is 11.1. The normalized spacial score (nSPS) is 15.5. The molecule has 1 aliphatic rings. The van der Waals surface area contributed by atoms with E-state index in [1.165, 1.54) is 7.11 Å². The maximum absolute atomic E-state index is 12.5. The second kappa shape index (κ2) is 13.0. The zero-order chi connectivity index (χ0) is 26.2. The molecule has 0 bridgehead atoms. The molecule has 0 fully saturated rings. The van der Waals surface area contributed by atoms with Crippen LogP contribution in [0.15, 0.2) is 62.1 Å². The Morgan fingerprint density at radius 1 is 1.17 bits per heavy atom. The van der Waals surface area contributed by atoms with Gasteiger partial charge in [0, 0.05) is 15.9 Å². The zero-order valence-electron chi connectivity index (χ0n) is 20.0. The molecule has 36 heavy (non-hydrogen) atoms. The Morgan fingerprint density at radius 3 is 2.53 bits per heavy atom. The van der Waals surface area contributed by atoms with Gasteiger partial charge in [0.25, 0.3) is 0 Å². The highest BCUT2D eigenvalue weighted by atomic mass is 79.9. The molecule has 0 unspecified atom stereocenters. The molecule has 1 aliphatic heterocycles. The van der Waals surface area contributed by atoms with Gasteiger partial charge in [0.05, 0.1) is 18.6 Å². The average Bonchev–Trinajstić information content (AvgIpc) is 3.14. The summed E-state index contributed by atoms with van der Waals surface area (Å²) in [4.78, 5) is 29.0. The average molecular weight is 595 g/mol. The molecule has 1 heterocycles. The van der Waals surface area contributed by atoms with Crippen molar-refractivity contribution in [3.63, 3.8) is 0 Å². The number of carbonyl (C=O) groups is 2. The lowest BCUT2D eigenvalue weighted by Gasteiger charge is -2.13. The van der Waals surface area contributed by atoms with Crippen LogP contribution in [0.5, 0.6) is 11.5 Å². The third-order valence-electron chi connectivity index (χ3n) is 4.94. The van der Waals surface area contributed by atoms with E-state index in [2.05, 4.69) is 20.9 Å². The van der Waals surface area contributed by atoms with Crippen molar-refractivity contribution in [3.05, 3.63) is 73.3 Å². The number of halogens is 2. The number of methoxy groups -OCH3 is 1. The van der Waals surface area contributed by atoms with Gasteiger partial charge in [0.15, 0.2) is 11.5 Å². The number of aliphatic hydroxyl groups is 1. The van der Waals surface area contributed by atoms with E-state index in [4.69, 9.17) is 25.8 Å². The van der Waals surface area contributed by atoms with E-state index in [0.29, 0.717) is 44.5 Å². The Morgan fingerprint density at radius 2 is 1.89 bits per heavy atom. The van der Waals surface area contributed by atoms with Crippen molar-refractivity contribution in [2.24, 2.45) is 4.99 Å². The highest BCUT2D eigenvalue weighted by Gasteiger charge is 2.34. The van der Waals surface area contributed by atoms with E-state index in [1.54, 1.807) is 37.3 Å². The number of aliphatic hydroxyl groups excluding tert-OH is 1. The summed E-state index contributed by atoms with van der Waals surface area (Å²) in [6.45, 7) is 3.95. The van der Waals surface area contributed by atoms with Gasteiger partial charge in [-0.1, -0.05) is 58.3 Å². The lowest BCUT2D eigenvalue weighted by atomic mass is 10.1. The molecule has 0 radical (unpaired) electrons. The van der Waals surface area contributed by atoms with Gasteiger partial charge < -0.3 is 19.3 Å². The molecule has 2 aromatic rings. The zero-order valence-corrected chi connectivity index (χ0v) is 23.1. The molecule has 0 saturated carbocycles. The standard InChI is InChI=1S/C26H25BrClNO6S/c1-4-6-22(30)29-25-23(26(32)34-5-2)24(31)21(36-25)12-16-11-19(33-3)20(13-18(16)27)35-14-15-7-9-17(28)10-8-15/h7-13,31H,4-6,14H2,1-3H3/b21-12-,29-25?. The maximum atomic E-state index is 12.5. The van der Waals surface area contributed by atoms with Gasteiger partial charge in [-0.15, -0.1) is 0 Å². The summed E-state index contributed by atoms with van der Waals surface area (Å²) in [6.07, 6.45) is 2.52. The molecule has 10 heteroatoms. The summed E-state index contributed by atoms with van der Waals surface area (Å²) >= 11 is 10.5. The molecule has 190 valence electrons. The van der Waals surface area contributed by atoms with Crippen LogP contribution in [-0.4, -0.2) is 35.7 Å². The van der Waals surface area contributed by atoms with Gasteiger partial charge >= 0.3 is 5.97 Å². The Hall–Kier alpha value is -2.75. The molecule has 3 rings (SSSR count). The van der Waals surface area contributed by atoms with Crippen molar-refractivity contribution in [1.82, 2.24) is 0 Å². The molecule has 0 spiro atoms. The van der Waals surface area contributed by atoms with E-state index in [0.717, 1.165) is 17.3 Å². The van der Waals surface area contributed by atoms with E-state index in [1.807, 2.05) is 19.1 Å². The van der Waals surface area contributed by atoms with Crippen LogP contribution in [-0.2, 0) is 20.9 Å². The number of aliphatic imine (C=N–C) groups is 1. The SMILES string of the molecule is CCCC(=O)N=C1S/C(=C\c2cc(OC)c(OCc3ccc(Cl)cc3)cc2Br)C(O)=C1C(=O)OCC. The molecule has 2 aromatic carbocycles. The molecule has 1 N–H and O–H groups in total. The van der Waals surface area contributed by atoms with E-state index in [9.17, 15) is 14.7 Å². The Balaban J connectivity index is 1.93. The van der Waals surface area contributed by atoms with Crippen LogP contribution in [0.4, 0.5) is 0 Å². The maximum Gasteiger partial charge on any atom is 0.344 e.